The highest BCUT2D eigenvalue weighted by atomic mass is 19.1. The van der Waals surface area contributed by atoms with E-state index in [0.717, 1.165) is 13.0 Å². The molecule has 26 heavy (non-hydrogen) atoms. The Bertz CT molecular complexity index is 758. The molecular formula is C19H23FN4O2. The Labute approximate surface area is 152 Å². The zero-order valence-corrected chi connectivity index (χ0v) is 14.8. The van der Waals surface area contributed by atoms with Crippen LogP contribution in [-0.2, 0) is 11.2 Å². The maximum atomic E-state index is 13.7. The first-order chi connectivity index (χ1) is 12.5. The van der Waals surface area contributed by atoms with Gasteiger partial charge in [-0.2, -0.15) is 0 Å². The van der Waals surface area contributed by atoms with Gasteiger partial charge in [0.2, 0.25) is 5.91 Å². The minimum absolute atomic E-state index is 0.0207. The number of aromatic nitrogens is 2. The number of halogens is 1. The van der Waals surface area contributed by atoms with Gasteiger partial charge in [-0.05, 0) is 24.5 Å². The second kappa shape index (κ2) is 7.78. The maximum absolute atomic E-state index is 13.7. The predicted octanol–water partition coefficient (Wildman–Crippen LogP) is 1.65. The molecule has 2 aromatic rings. The predicted molar refractivity (Wildman–Crippen MR) is 96.2 cm³/mol. The first-order valence-corrected chi connectivity index (χ1v) is 8.68. The molecule has 0 radical (unpaired) electrons. The van der Waals surface area contributed by atoms with Gasteiger partial charge in [0.25, 0.3) is 0 Å². The van der Waals surface area contributed by atoms with Crippen molar-refractivity contribution in [2.24, 2.45) is 0 Å². The number of nitrogens with zero attached hydrogens (tertiary/aromatic N) is 4. The summed E-state index contributed by atoms with van der Waals surface area (Å²) in [5.74, 6) is 0.102. The van der Waals surface area contributed by atoms with Crippen LogP contribution in [0.4, 0.5) is 10.2 Å². The van der Waals surface area contributed by atoms with Crippen LogP contribution < -0.4 is 4.90 Å². The number of amides is 1. The molecule has 1 aromatic heterocycles. The van der Waals surface area contributed by atoms with Crippen LogP contribution >= 0.6 is 0 Å². The molecule has 1 amide bonds. The lowest BCUT2D eigenvalue weighted by Crippen LogP contribution is -2.55. The SMILES string of the molecule is CN(C[C@@]1(O)CCCN(c2cnccn2)C1)C(=O)Cc1ccccc1F. The fourth-order valence-electron chi connectivity index (χ4n) is 3.36. The van der Waals surface area contributed by atoms with Crippen LogP contribution in [0.15, 0.2) is 42.9 Å². The summed E-state index contributed by atoms with van der Waals surface area (Å²) in [4.78, 5) is 24.2. The van der Waals surface area contributed by atoms with Crippen molar-refractivity contribution in [1.82, 2.24) is 14.9 Å². The van der Waals surface area contributed by atoms with Gasteiger partial charge in [0.1, 0.15) is 11.6 Å². The number of anilines is 1. The molecule has 1 aliphatic heterocycles. The minimum atomic E-state index is -1.03. The summed E-state index contributed by atoms with van der Waals surface area (Å²) in [6.07, 6.45) is 6.26. The summed E-state index contributed by atoms with van der Waals surface area (Å²) in [5, 5.41) is 11.0. The minimum Gasteiger partial charge on any atom is -0.386 e. The van der Waals surface area contributed by atoms with E-state index in [1.807, 2.05) is 4.90 Å². The fraction of sp³-hybridized carbons (Fsp3) is 0.421. The van der Waals surface area contributed by atoms with Crippen LogP contribution in [0.25, 0.3) is 0 Å². The molecule has 0 unspecified atom stereocenters. The summed E-state index contributed by atoms with van der Waals surface area (Å²) in [5.41, 5.74) is -0.670. The van der Waals surface area contributed by atoms with Gasteiger partial charge in [0, 0.05) is 32.5 Å². The van der Waals surface area contributed by atoms with E-state index >= 15 is 0 Å². The van der Waals surface area contributed by atoms with Gasteiger partial charge in [-0.3, -0.25) is 9.78 Å². The van der Waals surface area contributed by atoms with Crippen LogP contribution in [0.3, 0.4) is 0 Å². The van der Waals surface area contributed by atoms with Crippen LogP contribution in [-0.4, -0.2) is 58.2 Å². The normalized spacial score (nSPS) is 20.0. The number of rotatable bonds is 5. The first kappa shape index (κ1) is 18.3. The van der Waals surface area contributed by atoms with E-state index < -0.39 is 5.60 Å². The third-order valence-corrected chi connectivity index (χ3v) is 4.69. The van der Waals surface area contributed by atoms with Gasteiger partial charge >= 0.3 is 0 Å². The number of piperidine rings is 1. The van der Waals surface area contributed by atoms with Gasteiger partial charge in [0.15, 0.2) is 0 Å². The van der Waals surface area contributed by atoms with Gasteiger partial charge in [0.05, 0.1) is 24.8 Å². The van der Waals surface area contributed by atoms with Crippen LogP contribution in [0, 0.1) is 5.82 Å². The lowest BCUT2D eigenvalue weighted by Gasteiger charge is -2.41. The summed E-state index contributed by atoms with van der Waals surface area (Å²) < 4.78 is 13.7. The zero-order chi connectivity index (χ0) is 18.6. The Hall–Kier alpha value is -2.54. The number of hydrogen-bond acceptors (Lipinski definition) is 5. The lowest BCUT2D eigenvalue weighted by atomic mass is 9.92. The summed E-state index contributed by atoms with van der Waals surface area (Å²) in [7, 11) is 1.64. The molecule has 6 nitrogen and oxygen atoms in total. The van der Waals surface area contributed by atoms with Crippen molar-refractivity contribution >= 4 is 11.7 Å². The molecule has 1 aromatic carbocycles. The molecule has 1 saturated heterocycles. The molecule has 7 heteroatoms. The molecule has 2 heterocycles. The highest BCUT2D eigenvalue weighted by molar-refractivity contribution is 5.78. The third kappa shape index (κ3) is 4.35. The van der Waals surface area contributed by atoms with Crippen molar-refractivity contribution in [3.8, 4) is 0 Å². The van der Waals surface area contributed by atoms with E-state index in [0.29, 0.717) is 24.3 Å². The molecule has 0 aliphatic carbocycles. The number of β-amino-alcohol motifs (C(OH)–C–C–N with tert-alkyl or cyclic N) is 1. The van der Waals surface area contributed by atoms with Crippen LogP contribution in [0.2, 0.25) is 0 Å². The van der Waals surface area contributed by atoms with E-state index in [4.69, 9.17) is 0 Å². The molecule has 0 saturated carbocycles. The number of carbonyl (C=O) groups excluding carboxylic acids is 1. The Kier molecular flexibility index (Phi) is 5.46. The van der Waals surface area contributed by atoms with Crippen molar-refractivity contribution < 1.29 is 14.3 Å². The van der Waals surface area contributed by atoms with Crippen molar-refractivity contribution in [1.29, 1.82) is 0 Å². The number of likely N-dealkylation sites (N-methyl/N-ethyl adjacent to an activating group) is 1. The van der Waals surface area contributed by atoms with Crippen molar-refractivity contribution in [3.05, 3.63) is 54.2 Å². The summed E-state index contributed by atoms with van der Waals surface area (Å²) in [6, 6.07) is 6.25. The molecule has 0 bridgehead atoms. The van der Waals surface area contributed by atoms with E-state index in [2.05, 4.69) is 9.97 Å². The molecule has 1 atom stereocenters. The molecule has 1 fully saturated rings. The standard InChI is InChI=1S/C19H23FN4O2/c1-23(18(25)11-15-5-2-3-6-16(15)20)13-19(26)7-4-10-24(14-19)17-12-21-8-9-22-17/h2-3,5-6,8-9,12,26H,4,7,10-11,13-14H2,1H3/t19-/m0/s1. The zero-order valence-electron chi connectivity index (χ0n) is 14.8. The van der Waals surface area contributed by atoms with E-state index in [1.165, 1.54) is 11.0 Å². The van der Waals surface area contributed by atoms with Crippen molar-refractivity contribution in [3.63, 3.8) is 0 Å². The highest BCUT2D eigenvalue weighted by Gasteiger charge is 2.36. The molecular weight excluding hydrogens is 335 g/mol. The molecule has 0 spiro atoms. The summed E-state index contributed by atoms with van der Waals surface area (Å²) >= 11 is 0. The van der Waals surface area contributed by atoms with Crippen molar-refractivity contribution in [2.45, 2.75) is 24.9 Å². The van der Waals surface area contributed by atoms with Crippen molar-refractivity contribution in [2.75, 3.05) is 31.6 Å². The number of aliphatic hydroxyl groups is 1. The Morgan fingerprint density at radius 2 is 2.19 bits per heavy atom. The van der Waals surface area contributed by atoms with Crippen LogP contribution in [0.5, 0.6) is 0 Å². The Balaban J connectivity index is 1.63. The number of carbonyl (C=O) groups is 1. The third-order valence-electron chi connectivity index (χ3n) is 4.69. The summed E-state index contributed by atoms with van der Waals surface area (Å²) in [6.45, 7) is 1.36. The van der Waals surface area contributed by atoms with E-state index in [-0.39, 0.29) is 24.7 Å². The lowest BCUT2D eigenvalue weighted by molar-refractivity contribution is -0.132. The van der Waals surface area contributed by atoms with Gasteiger partial charge in [-0.1, -0.05) is 18.2 Å². The molecule has 1 N–H and O–H groups in total. The maximum Gasteiger partial charge on any atom is 0.226 e. The van der Waals surface area contributed by atoms with Gasteiger partial charge < -0.3 is 14.9 Å². The average molecular weight is 358 g/mol. The number of hydrogen-bond donors (Lipinski definition) is 1. The second-order valence-corrected chi connectivity index (χ2v) is 6.83. The largest absolute Gasteiger partial charge is 0.386 e. The second-order valence-electron chi connectivity index (χ2n) is 6.83. The van der Waals surface area contributed by atoms with Gasteiger partial charge in [-0.25, -0.2) is 9.37 Å². The fourth-order valence-corrected chi connectivity index (χ4v) is 3.36. The average Bonchev–Trinajstić information content (AvgIpc) is 2.64. The Morgan fingerprint density at radius 3 is 2.92 bits per heavy atom. The van der Waals surface area contributed by atoms with Crippen LogP contribution in [0.1, 0.15) is 18.4 Å². The van der Waals surface area contributed by atoms with E-state index in [9.17, 15) is 14.3 Å². The topological polar surface area (TPSA) is 69.6 Å². The molecule has 138 valence electrons. The Morgan fingerprint density at radius 1 is 1.38 bits per heavy atom. The van der Waals surface area contributed by atoms with Gasteiger partial charge in [-0.15, -0.1) is 0 Å². The van der Waals surface area contributed by atoms with E-state index in [1.54, 1.807) is 43.8 Å². The first-order valence-electron chi connectivity index (χ1n) is 8.68. The highest BCUT2D eigenvalue weighted by Crippen LogP contribution is 2.25. The molecule has 3 rings (SSSR count). The number of benzene rings is 1. The molecule has 1 aliphatic rings. The quantitative estimate of drug-likeness (QED) is 0.880. The monoisotopic (exact) mass is 358 g/mol. The smallest absolute Gasteiger partial charge is 0.226 e.